The molecule has 0 atom stereocenters. The Morgan fingerprint density at radius 1 is 1.67 bits per heavy atom. The number of aromatic nitrogens is 2. The standard InChI is InChI=1S/C10H12N2O3/c1-15-10(14)8-4-5-11-12(9(8)13)6-7-2-3-7/h4-5,7H,2-3,6H2,1H3. The number of nitrogens with zero attached hydrogens (tertiary/aromatic N) is 2. The van der Waals surface area contributed by atoms with Crippen LogP contribution >= 0.6 is 0 Å². The topological polar surface area (TPSA) is 61.2 Å². The van der Waals surface area contributed by atoms with Gasteiger partial charge in [0.05, 0.1) is 7.11 Å². The van der Waals surface area contributed by atoms with Gasteiger partial charge in [-0.15, -0.1) is 0 Å². The zero-order chi connectivity index (χ0) is 10.8. The Bertz CT molecular complexity index is 435. The number of carbonyl (C=O) groups is 1. The summed E-state index contributed by atoms with van der Waals surface area (Å²) in [5.41, 5.74) is -0.315. The third-order valence-corrected chi connectivity index (χ3v) is 2.45. The molecule has 15 heavy (non-hydrogen) atoms. The first-order valence-corrected chi connectivity index (χ1v) is 4.87. The van der Waals surface area contributed by atoms with E-state index in [1.165, 1.54) is 24.1 Å². The van der Waals surface area contributed by atoms with Crippen molar-refractivity contribution in [1.29, 1.82) is 0 Å². The second-order valence-electron chi connectivity index (χ2n) is 3.67. The Balaban J connectivity index is 2.31. The highest BCUT2D eigenvalue weighted by Gasteiger charge is 2.23. The molecule has 0 spiro atoms. The van der Waals surface area contributed by atoms with Gasteiger partial charge in [-0.2, -0.15) is 5.10 Å². The van der Waals surface area contributed by atoms with Crippen LogP contribution in [-0.2, 0) is 11.3 Å². The Hall–Kier alpha value is -1.65. The Kier molecular flexibility index (Phi) is 2.53. The lowest BCUT2D eigenvalue weighted by Gasteiger charge is -2.04. The minimum Gasteiger partial charge on any atom is -0.465 e. The van der Waals surface area contributed by atoms with Crippen molar-refractivity contribution < 1.29 is 9.53 Å². The maximum Gasteiger partial charge on any atom is 0.343 e. The molecule has 0 radical (unpaired) electrons. The minimum absolute atomic E-state index is 0.0492. The molecule has 1 aliphatic carbocycles. The number of hydrogen-bond donors (Lipinski definition) is 0. The van der Waals surface area contributed by atoms with Crippen LogP contribution in [0.2, 0.25) is 0 Å². The largest absolute Gasteiger partial charge is 0.465 e. The van der Waals surface area contributed by atoms with E-state index in [1.807, 2.05) is 0 Å². The maximum absolute atomic E-state index is 11.7. The molecule has 0 aromatic carbocycles. The number of ether oxygens (including phenoxy) is 1. The van der Waals surface area contributed by atoms with E-state index in [2.05, 4.69) is 9.84 Å². The average molecular weight is 208 g/mol. The van der Waals surface area contributed by atoms with E-state index in [4.69, 9.17) is 0 Å². The summed E-state index contributed by atoms with van der Waals surface area (Å²) in [5, 5.41) is 3.93. The lowest BCUT2D eigenvalue weighted by Crippen LogP contribution is -2.29. The van der Waals surface area contributed by atoms with Crippen LogP contribution in [0.4, 0.5) is 0 Å². The molecule has 1 aliphatic rings. The van der Waals surface area contributed by atoms with E-state index in [9.17, 15) is 9.59 Å². The van der Waals surface area contributed by atoms with Crippen LogP contribution in [0.5, 0.6) is 0 Å². The summed E-state index contributed by atoms with van der Waals surface area (Å²) in [4.78, 5) is 23.0. The highest BCUT2D eigenvalue weighted by molar-refractivity contribution is 5.88. The number of hydrogen-bond acceptors (Lipinski definition) is 4. The average Bonchev–Trinajstić information content (AvgIpc) is 3.04. The van der Waals surface area contributed by atoms with Gasteiger partial charge in [0.25, 0.3) is 5.56 Å². The minimum atomic E-state index is -0.605. The molecule has 1 fully saturated rings. The van der Waals surface area contributed by atoms with E-state index in [0.717, 1.165) is 12.8 Å². The van der Waals surface area contributed by atoms with Crippen molar-refractivity contribution >= 4 is 5.97 Å². The van der Waals surface area contributed by atoms with E-state index in [1.54, 1.807) is 0 Å². The van der Waals surface area contributed by atoms with Crippen LogP contribution in [0.15, 0.2) is 17.1 Å². The summed E-state index contributed by atoms with van der Waals surface area (Å²) in [7, 11) is 1.26. The molecule has 5 nitrogen and oxygen atoms in total. The van der Waals surface area contributed by atoms with Crippen LogP contribution in [0.25, 0.3) is 0 Å². The van der Waals surface area contributed by atoms with Crippen LogP contribution in [0.1, 0.15) is 23.2 Å². The van der Waals surface area contributed by atoms with E-state index < -0.39 is 5.97 Å². The van der Waals surface area contributed by atoms with Crippen LogP contribution in [0.3, 0.4) is 0 Å². The fourth-order valence-electron chi connectivity index (χ4n) is 1.39. The first-order chi connectivity index (χ1) is 7.22. The Morgan fingerprint density at radius 3 is 3.00 bits per heavy atom. The van der Waals surface area contributed by atoms with Crippen molar-refractivity contribution in [3.63, 3.8) is 0 Å². The first kappa shape index (κ1) is 9.89. The van der Waals surface area contributed by atoms with Gasteiger partial charge in [0, 0.05) is 12.7 Å². The molecule has 80 valence electrons. The fourth-order valence-corrected chi connectivity index (χ4v) is 1.39. The van der Waals surface area contributed by atoms with Crippen molar-refractivity contribution in [3.8, 4) is 0 Å². The van der Waals surface area contributed by atoms with Crippen LogP contribution in [-0.4, -0.2) is 22.9 Å². The molecule has 1 saturated carbocycles. The van der Waals surface area contributed by atoms with Crippen molar-refractivity contribution in [2.24, 2.45) is 5.92 Å². The normalized spacial score (nSPS) is 15.0. The van der Waals surface area contributed by atoms with Gasteiger partial charge in [0.2, 0.25) is 0 Å². The summed E-state index contributed by atoms with van der Waals surface area (Å²) >= 11 is 0. The zero-order valence-electron chi connectivity index (χ0n) is 8.47. The van der Waals surface area contributed by atoms with Gasteiger partial charge < -0.3 is 4.74 Å². The molecule has 2 rings (SSSR count). The molecule has 1 aromatic rings. The van der Waals surface area contributed by atoms with Gasteiger partial charge >= 0.3 is 5.97 Å². The smallest absolute Gasteiger partial charge is 0.343 e. The van der Waals surface area contributed by atoms with Crippen LogP contribution < -0.4 is 5.56 Å². The monoisotopic (exact) mass is 208 g/mol. The summed E-state index contributed by atoms with van der Waals surface area (Å²) in [6.45, 7) is 0.601. The summed E-state index contributed by atoms with van der Waals surface area (Å²) in [6, 6.07) is 1.39. The molecular formula is C10H12N2O3. The fraction of sp³-hybridized carbons (Fsp3) is 0.500. The van der Waals surface area contributed by atoms with Gasteiger partial charge in [-0.05, 0) is 24.8 Å². The van der Waals surface area contributed by atoms with Crippen molar-refractivity contribution in [2.45, 2.75) is 19.4 Å². The number of esters is 1. The van der Waals surface area contributed by atoms with Gasteiger partial charge in [0.15, 0.2) is 0 Å². The SMILES string of the molecule is COC(=O)c1ccnn(CC2CC2)c1=O. The van der Waals surface area contributed by atoms with Gasteiger partial charge in [-0.3, -0.25) is 4.79 Å². The number of methoxy groups -OCH3 is 1. The van der Waals surface area contributed by atoms with Crippen molar-refractivity contribution in [2.75, 3.05) is 7.11 Å². The summed E-state index contributed by atoms with van der Waals surface area (Å²) < 4.78 is 5.85. The van der Waals surface area contributed by atoms with E-state index in [0.29, 0.717) is 12.5 Å². The maximum atomic E-state index is 11.7. The first-order valence-electron chi connectivity index (χ1n) is 4.87. The van der Waals surface area contributed by atoms with Gasteiger partial charge in [0.1, 0.15) is 5.56 Å². The van der Waals surface area contributed by atoms with E-state index >= 15 is 0 Å². The predicted octanol–water partition coefficient (Wildman–Crippen LogP) is 0.440. The summed E-state index contributed by atoms with van der Waals surface area (Å²) in [5.74, 6) is -0.0601. The third-order valence-electron chi connectivity index (χ3n) is 2.45. The van der Waals surface area contributed by atoms with E-state index in [-0.39, 0.29) is 11.1 Å². The molecule has 5 heteroatoms. The Labute approximate surface area is 86.7 Å². The number of carbonyl (C=O) groups excluding carboxylic acids is 1. The second kappa shape index (κ2) is 3.84. The molecule has 0 bridgehead atoms. The molecule has 0 aliphatic heterocycles. The third kappa shape index (κ3) is 2.06. The van der Waals surface area contributed by atoms with Crippen molar-refractivity contribution in [3.05, 3.63) is 28.2 Å². The lowest BCUT2D eigenvalue weighted by atomic mass is 10.3. The molecule has 0 amide bonds. The van der Waals surface area contributed by atoms with Crippen molar-refractivity contribution in [1.82, 2.24) is 9.78 Å². The predicted molar refractivity (Wildman–Crippen MR) is 52.6 cm³/mol. The lowest BCUT2D eigenvalue weighted by molar-refractivity contribution is 0.0597. The summed E-state index contributed by atoms with van der Waals surface area (Å²) in [6.07, 6.45) is 3.73. The van der Waals surface area contributed by atoms with Gasteiger partial charge in [-0.25, -0.2) is 9.48 Å². The highest BCUT2D eigenvalue weighted by atomic mass is 16.5. The Morgan fingerprint density at radius 2 is 2.40 bits per heavy atom. The van der Waals surface area contributed by atoms with Gasteiger partial charge in [-0.1, -0.05) is 0 Å². The van der Waals surface area contributed by atoms with Crippen LogP contribution in [0, 0.1) is 5.92 Å². The molecule has 0 N–H and O–H groups in total. The molecular weight excluding hydrogens is 196 g/mol. The zero-order valence-corrected chi connectivity index (χ0v) is 8.47. The molecule has 0 unspecified atom stereocenters. The molecule has 1 heterocycles. The highest BCUT2D eigenvalue weighted by Crippen LogP contribution is 2.29. The number of rotatable bonds is 3. The molecule has 0 saturated heterocycles. The quantitative estimate of drug-likeness (QED) is 0.676. The molecule has 1 aromatic heterocycles. The second-order valence-corrected chi connectivity index (χ2v) is 3.67.